The summed E-state index contributed by atoms with van der Waals surface area (Å²) in [6, 6.07) is 29.6. The standard InChI is InChI=1S/C34H36BrN3O4S/c1-4-36-34(40)32(22-27-12-7-5-8-13-27)37(23-28-14-11-15-29(35)21-28)33(39)24-38(31-19-18-25(2)20-26(31)3)43(41,42)30-16-9-6-10-17-30/h5-21,32H,4,22-24H2,1-3H3,(H,36,40)/t32-/m0/s1. The Morgan fingerprint density at radius 1 is 0.837 bits per heavy atom. The van der Waals surface area contributed by atoms with E-state index in [0.717, 1.165) is 31.0 Å². The first-order chi connectivity index (χ1) is 20.6. The zero-order chi connectivity index (χ0) is 31.0. The number of benzene rings is 4. The van der Waals surface area contributed by atoms with E-state index in [1.807, 2.05) is 87.5 Å². The Balaban J connectivity index is 1.81. The molecular weight excluding hydrogens is 626 g/mol. The zero-order valence-electron chi connectivity index (χ0n) is 24.5. The van der Waals surface area contributed by atoms with Crippen molar-refractivity contribution < 1.29 is 18.0 Å². The van der Waals surface area contributed by atoms with Crippen LogP contribution in [0.4, 0.5) is 5.69 Å². The van der Waals surface area contributed by atoms with Crippen molar-refractivity contribution in [3.63, 3.8) is 0 Å². The van der Waals surface area contributed by atoms with Crippen molar-refractivity contribution in [1.82, 2.24) is 10.2 Å². The summed E-state index contributed by atoms with van der Waals surface area (Å²) in [5.74, 6) is -0.801. The predicted molar refractivity (Wildman–Crippen MR) is 174 cm³/mol. The van der Waals surface area contributed by atoms with E-state index in [4.69, 9.17) is 0 Å². The number of halogens is 1. The molecule has 0 bridgehead atoms. The second-order valence-electron chi connectivity index (χ2n) is 10.4. The fourth-order valence-corrected chi connectivity index (χ4v) is 6.94. The van der Waals surface area contributed by atoms with Gasteiger partial charge in [0, 0.05) is 24.0 Å². The summed E-state index contributed by atoms with van der Waals surface area (Å²) >= 11 is 3.50. The van der Waals surface area contributed by atoms with Crippen molar-refractivity contribution in [2.75, 3.05) is 17.4 Å². The van der Waals surface area contributed by atoms with Gasteiger partial charge in [0.15, 0.2) is 0 Å². The number of hydrogen-bond acceptors (Lipinski definition) is 4. The number of carbonyl (C=O) groups is 2. The first-order valence-electron chi connectivity index (χ1n) is 14.1. The topological polar surface area (TPSA) is 86.8 Å². The van der Waals surface area contributed by atoms with Crippen LogP contribution in [0.3, 0.4) is 0 Å². The van der Waals surface area contributed by atoms with Crippen LogP contribution in [0.1, 0.15) is 29.2 Å². The molecular formula is C34H36BrN3O4S. The molecule has 0 heterocycles. The smallest absolute Gasteiger partial charge is 0.264 e. The lowest BCUT2D eigenvalue weighted by Crippen LogP contribution is -2.53. The second kappa shape index (κ2) is 14.5. The molecule has 0 fully saturated rings. The SMILES string of the molecule is CCNC(=O)[C@H](Cc1ccccc1)N(Cc1cccc(Br)c1)C(=O)CN(c1ccc(C)cc1C)S(=O)(=O)c1ccccc1. The molecule has 43 heavy (non-hydrogen) atoms. The number of nitrogens with one attached hydrogen (secondary N) is 1. The maximum absolute atomic E-state index is 14.4. The number of sulfonamides is 1. The van der Waals surface area contributed by atoms with Crippen LogP contribution in [-0.4, -0.2) is 44.3 Å². The second-order valence-corrected chi connectivity index (χ2v) is 13.1. The highest BCUT2D eigenvalue weighted by Gasteiger charge is 2.35. The quantitative estimate of drug-likeness (QED) is 0.201. The summed E-state index contributed by atoms with van der Waals surface area (Å²) in [5, 5.41) is 2.88. The molecule has 0 aliphatic heterocycles. The van der Waals surface area contributed by atoms with Gasteiger partial charge in [0.2, 0.25) is 11.8 Å². The van der Waals surface area contributed by atoms with E-state index in [1.54, 1.807) is 24.3 Å². The summed E-state index contributed by atoms with van der Waals surface area (Å²) in [6.07, 6.45) is 0.265. The largest absolute Gasteiger partial charge is 0.355 e. The van der Waals surface area contributed by atoms with Crippen LogP contribution < -0.4 is 9.62 Å². The molecule has 1 N–H and O–H groups in total. The number of likely N-dealkylation sites (N-methyl/N-ethyl adjacent to an activating group) is 1. The fourth-order valence-electron chi connectivity index (χ4n) is 5.00. The van der Waals surface area contributed by atoms with Crippen molar-refractivity contribution in [2.45, 2.75) is 44.7 Å². The lowest BCUT2D eigenvalue weighted by molar-refractivity contribution is -0.140. The minimum absolute atomic E-state index is 0.0749. The molecule has 4 rings (SSSR count). The first kappa shape index (κ1) is 32.0. The Labute approximate surface area is 262 Å². The molecule has 1 atom stereocenters. The van der Waals surface area contributed by atoms with Crippen molar-refractivity contribution in [3.05, 3.63) is 130 Å². The molecule has 4 aromatic rings. The van der Waals surface area contributed by atoms with Crippen LogP contribution in [0.2, 0.25) is 0 Å². The average Bonchev–Trinajstić information content (AvgIpc) is 2.99. The van der Waals surface area contributed by atoms with Gasteiger partial charge in [0.1, 0.15) is 12.6 Å². The maximum atomic E-state index is 14.4. The van der Waals surface area contributed by atoms with E-state index in [2.05, 4.69) is 21.2 Å². The summed E-state index contributed by atoms with van der Waals surface area (Å²) in [7, 11) is -4.13. The van der Waals surface area contributed by atoms with Crippen LogP contribution >= 0.6 is 15.9 Å². The molecule has 9 heteroatoms. The van der Waals surface area contributed by atoms with Gasteiger partial charge in [-0.25, -0.2) is 8.42 Å². The van der Waals surface area contributed by atoms with Gasteiger partial charge in [-0.3, -0.25) is 13.9 Å². The Bertz CT molecular complexity index is 1660. The average molecular weight is 663 g/mol. The first-order valence-corrected chi connectivity index (χ1v) is 16.3. The lowest BCUT2D eigenvalue weighted by Gasteiger charge is -2.34. The molecule has 0 saturated heterocycles. The van der Waals surface area contributed by atoms with E-state index >= 15 is 0 Å². The van der Waals surface area contributed by atoms with Gasteiger partial charge >= 0.3 is 0 Å². The van der Waals surface area contributed by atoms with Gasteiger partial charge in [-0.1, -0.05) is 94.3 Å². The summed E-state index contributed by atoms with van der Waals surface area (Å²) in [5.41, 5.74) is 3.78. The summed E-state index contributed by atoms with van der Waals surface area (Å²) in [6.45, 7) is 5.59. The number of amides is 2. The van der Waals surface area contributed by atoms with Gasteiger partial charge < -0.3 is 10.2 Å². The molecule has 0 aromatic heterocycles. The van der Waals surface area contributed by atoms with Gasteiger partial charge in [0.05, 0.1) is 10.6 Å². The maximum Gasteiger partial charge on any atom is 0.264 e. The van der Waals surface area contributed by atoms with Crippen molar-refractivity contribution in [3.8, 4) is 0 Å². The number of rotatable bonds is 12. The third-order valence-electron chi connectivity index (χ3n) is 7.10. The van der Waals surface area contributed by atoms with Crippen LogP contribution in [-0.2, 0) is 32.6 Å². The van der Waals surface area contributed by atoms with E-state index in [1.165, 1.54) is 17.0 Å². The number of aryl methyl sites for hydroxylation is 2. The van der Waals surface area contributed by atoms with Gasteiger partial charge in [0.25, 0.3) is 10.0 Å². The Morgan fingerprint density at radius 2 is 1.49 bits per heavy atom. The van der Waals surface area contributed by atoms with E-state index < -0.39 is 28.5 Å². The molecule has 0 unspecified atom stereocenters. The van der Waals surface area contributed by atoms with E-state index in [0.29, 0.717) is 12.2 Å². The minimum atomic E-state index is -4.13. The monoisotopic (exact) mass is 661 g/mol. The van der Waals surface area contributed by atoms with E-state index in [9.17, 15) is 18.0 Å². The molecule has 224 valence electrons. The van der Waals surface area contributed by atoms with Gasteiger partial charge in [-0.05, 0) is 67.8 Å². The molecule has 0 saturated carbocycles. The highest BCUT2D eigenvalue weighted by Crippen LogP contribution is 2.28. The molecule has 0 radical (unpaired) electrons. The van der Waals surface area contributed by atoms with Crippen molar-refractivity contribution >= 4 is 43.5 Å². The number of anilines is 1. The van der Waals surface area contributed by atoms with Gasteiger partial charge in [-0.2, -0.15) is 0 Å². The van der Waals surface area contributed by atoms with Crippen LogP contribution in [0.5, 0.6) is 0 Å². The zero-order valence-corrected chi connectivity index (χ0v) is 26.9. The Hall–Kier alpha value is -3.95. The number of hydrogen-bond donors (Lipinski definition) is 1. The lowest BCUT2D eigenvalue weighted by atomic mass is 10.0. The van der Waals surface area contributed by atoms with E-state index in [-0.39, 0.29) is 23.8 Å². The highest BCUT2D eigenvalue weighted by atomic mass is 79.9. The number of carbonyl (C=O) groups excluding carboxylic acids is 2. The number of nitrogens with zero attached hydrogens (tertiary/aromatic N) is 2. The molecule has 0 aliphatic carbocycles. The Kier molecular flexibility index (Phi) is 10.8. The molecule has 0 spiro atoms. The third-order valence-corrected chi connectivity index (χ3v) is 9.36. The predicted octanol–water partition coefficient (Wildman–Crippen LogP) is 6.04. The third kappa shape index (κ3) is 8.12. The molecule has 4 aromatic carbocycles. The van der Waals surface area contributed by atoms with Crippen LogP contribution in [0.15, 0.2) is 112 Å². The normalized spacial score (nSPS) is 11.9. The Morgan fingerprint density at radius 3 is 2.12 bits per heavy atom. The molecule has 7 nitrogen and oxygen atoms in total. The van der Waals surface area contributed by atoms with Gasteiger partial charge in [-0.15, -0.1) is 0 Å². The van der Waals surface area contributed by atoms with Crippen molar-refractivity contribution in [1.29, 1.82) is 0 Å². The minimum Gasteiger partial charge on any atom is -0.355 e. The summed E-state index contributed by atoms with van der Waals surface area (Å²) in [4.78, 5) is 29.6. The molecule has 2 amide bonds. The van der Waals surface area contributed by atoms with Crippen LogP contribution in [0.25, 0.3) is 0 Å². The molecule has 0 aliphatic rings. The highest BCUT2D eigenvalue weighted by molar-refractivity contribution is 9.10. The van der Waals surface area contributed by atoms with Crippen LogP contribution in [0, 0.1) is 13.8 Å². The van der Waals surface area contributed by atoms with Crippen molar-refractivity contribution in [2.24, 2.45) is 0 Å². The summed E-state index contributed by atoms with van der Waals surface area (Å²) < 4.78 is 30.2. The fraction of sp³-hybridized carbons (Fsp3) is 0.235.